The number of rotatable bonds is 7. The van der Waals surface area contributed by atoms with E-state index in [1.165, 1.54) is 9.13 Å². The van der Waals surface area contributed by atoms with Gasteiger partial charge < -0.3 is 4.74 Å². The molecule has 0 spiro atoms. The zero-order chi connectivity index (χ0) is 15.8. The minimum Gasteiger partial charge on any atom is -0.461 e. The zero-order valence-electron chi connectivity index (χ0n) is 12.8. The highest BCUT2D eigenvalue weighted by Gasteiger charge is 2.10. The Hall–Kier alpha value is -1.36. The maximum atomic E-state index is 11.9. The fourth-order valence-electron chi connectivity index (χ4n) is 2.25. The first-order valence-electron chi connectivity index (χ1n) is 7.57. The van der Waals surface area contributed by atoms with Crippen LogP contribution in [0.2, 0.25) is 0 Å². The van der Waals surface area contributed by atoms with Crippen molar-refractivity contribution in [1.82, 2.24) is 0 Å². The summed E-state index contributed by atoms with van der Waals surface area (Å²) in [5, 5.41) is 0. The topological polar surface area (TPSA) is 26.3 Å². The molecule has 0 aliphatic carbocycles. The minimum atomic E-state index is -0.112. The fraction of sp³-hybridized carbons (Fsp3) is 0.316. The second kappa shape index (κ2) is 8.93. The Morgan fingerprint density at radius 1 is 1.05 bits per heavy atom. The number of benzene rings is 2. The second-order valence-corrected chi connectivity index (χ2v) is 6.87. The lowest BCUT2D eigenvalue weighted by molar-refractivity contribution is -0.146. The molecule has 1 atom stereocenters. The Labute approximate surface area is 146 Å². The standard InChI is InChI=1S/C19H21IO2/c1-15(7-8-16-9-11-18(20)12-10-16)13-19(21)22-14-17-5-3-2-4-6-17/h2-6,9-12,15H,7-8,13-14H2,1H3. The Balaban J connectivity index is 1.68. The molecule has 0 aliphatic heterocycles. The van der Waals surface area contributed by atoms with Crippen molar-refractivity contribution in [2.75, 3.05) is 0 Å². The monoisotopic (exact) mass is 408 g/mol. The largest absolute Gasteiger partial charge is 0.461 e. The Morgan fingerprint density at radius 3 is 2.41 bits per heavy atom. The number of aryl methyl sites for hydroxylation is 1. The normalized spacial score (nSPS) is 11.9. The highest BCUT2D eigenvalue weighted by atomic mass is 127. The van der Waals surface area contributed by atoms with Gasteiger partial charge in [0.05, 0.1) is 0 Å². The molecule has 0 saturated carbocycles. The molecule has 0 bridgehead atoms. The van der Waals surface area contributed by atoms with Gasteiger partial charge in [0.2, 0.25) is 0 Å². The first kappa shape index (κ1) is 17.0. The van der Waals surface area contributed by atoms with Crippen LogP contribution in [-0.2, 0) is 22.6 Å². The van der Waals surface area contributed by atoms with Gasteiger partial charge in [-0.1, -0.05) is 49.4 Å². The van der Waals surface area contributed by atoms with E-state index in [4.69, 9.17) is 4.74 Å². The lowest BCUT2D eigenvalue weighted by atomic mass is 9.98. The van der Waals surface area contributed by atoms with Gasteiger partial charge in [0, 0.05) is 9.99 Å². The summed E-state index contributed by atoms with van der Waals surface area (Å²) in [6.45, 7) is 2.47. The summed E-state index contributed by atoms with van der Waals surface area (Å²) in [5.41, 5.74) is 2.35. The fourth-order valence-corrected chi connectivity index (χ4v) is 2.61. The van der Waals surface area contributed by atoms with Crippen LogP contribution >= 0.6 is 22.6 Å². The molecular formula is C19H21IO2. The summed E-state index contributed by atoms with van der Waals surface area (Å²) >= 11 is 2.31. The van der Waals surface area contributed by atoms with Crippen LogP contribution in [0.25, 0.3) is 0 Å². The summed E-state index contributed by atoms with van der Waals surface area (Å²) in [6.07, 6.45) is 2.49. The van der Waals surface area contributed by atoms with Gasteiger partial charge in [-0.25, -0.2) is 0 Å². The van der Waals surface area contributed by atoms with Crippen LogP contribution in [0.4, 0.5) is 0 Å². The third kappa shape index (κ3) is 6.18. The van der Waals surface area contributed by atoms with Crippen LogP contribution in [0.3, 0.4) is 0 Å². The summed E-state index contributed by atoms with van der Waals surface area (Å²) in [5.74, 6) is 0.224. The quantitative estimate of drug-likeness (QED) is 0.477. The number of halogens is 1. The van der Waals surface area contributed by atoms with E-state index in [0.29, 0.717) is 18.9 Å². The van der Waals surface area contributed by atoms with Gasteiger partial charge >= 0.3 is 5.97 Å². The van der Waals surface area contributed by atoms with Crippen molar-refractivity contribution in [2.45, 2.75) is 32.8 Å². The number of carbonyl (C=O) groups is 1. The summed E-state index contributed by atoms with van der Waals surface area (Å²) in [4.78, 5) is 11.9. The molecule has 2 aromatic carbocycles. The van der Waals surface area contributed by atoms with E-state index in [2.05, 4.69) is 53.8 Å². The molecule has 2 nitrogen and oxygen atoms in total. The van der Waals surface area contributed by atoms with Crippen molar-refractivity contribution in [2.24, 2.45) is 5.92 Å². The number of carbonyl (C=O) groups excluding carboxylic acids is 1. The van der Waals surface area contributed by atoms with Crippen LogP contribution < -0.4 is 0 Å². The van der Waals surface area contributed by atoms with Gasteiger partial charge in [0.1, 0.15) is 6.61 Å². The van der Waals surface area contributed by atoms with Gasteiger partial charge in [-0.2, -0.15) is 0 Å². The van der Waals surface area contributed by atoms with E-state index in [-0.39, 0.29) is 5.97 Å². The van der Waals surface area contributed by atoms with Gasteiger partial charge in [-0.15, -0.1) is 0 Å². The lowest BCUT2D eigenvalue weighted by Crippen LogP contribution is -2.10. The molecular weight excluding hydrogens is 387 g/mol. The third-order valence-electron chi connectivity index (χ3n) is 3.60. The summed E-state index contributed by atoms with van der Waals surface area (Å²) < 4.78 is 6.58. The molecule has 0 saturated heterocycles. The van der Waals surface area contributed by atoms with Crippen molar-refractivity contribution < 1.29 is 9.53 Å². The number of hydrogen-bond acceptors (Lipinski definition) is 2. The predicted molar refractivity (Wildman–Crippen MR) is 97.5 cm³/mol. The van der Waals surface area contributed by atoms with Gasteiger partial charge in [0.25, 0.3) is 0 Å². The van der Waals surface area contributed by atoms with Crippen LogP contribution in [0.5, 0.6) is 0 Å². The molecule has 22 heavy (non-hydrogen) atoms. The molecule has 0 fully saturated rings. The zero-order valence-corrected chi connectivity index (χ0v) is 15.0. The van der Waals surface area contributed by atoms with Crippen LogP contribution in [0.1, 0.15) is 30.9 Å². The van der Waals surface area contributed by atoms with Crippen LogP contribution in [0.15, 0.2) is 54.6 Å². The SMILES string of the molecule is CC(CCc1ccc(I)cc1)CC(=O)OCc1ccccc1. The van der Waals surface area contributed by atoms with E-state index in [9.17, 15) is 4.79 Å². The van der Waals surface area contributed by atoms with Crippen molar-refractivity contribution in [1.29, 1.82) is 0 Å². The highest BCUT2D eigenvalue weighted by Crippen LogP contribution is 2.15. The van der Waals surface area contributed by atoms with E-state index < -0.39 is 0 Å². The van der Waals surface area contributed by atoms with E-state index in [1.807, 2.05) is 30.3 Å². The summed E-state index contributed by atoms with van der Waals surface area (Å²) in [7, 11) is 0. The van der Waals surface area contributed by atoms with Gasteiger partial charge in [-0.3, -0.25) is 4.79 Å². The average molecular weight is 408 g/mol. The molecule has 2 rings (SSSR count). The van der Waals surface area contributed by atoms with Crippen molar-refractivity contribution in [3.63, 3.8) is 0 Å². The maximum absolute atomic E-state index is 11.9. The third-order valence-corrected chi connectivity index (χ3v) is 4.32. The highest BCUT2D eigenvalue weighted by molar-refractivity contribution is 14.1. The average Bonchev–Trinajstić information content (AvgIpc) is 2.53. The molecule has 0 radical (unpaired) electrons. The first-order valence-corrected chi connectivity index (χ1v) is 8.65. The molecule has 0 heterocycles. The maximum Gasteiger partial charge on any atom is 0.306 e. The molecule has 0 aromatic heterocycles. The minimum absolute atomic E-state index is 0.112. The van der Waals surface area contributed by atoms with Crippen molar-refractivity contribution in [3.05, 3.63) is 69.3 Å². The van der Waals surface area contributed by atoms with E-state index >= 15 is 0 Å². The molecule has 2 aromatic rings. The van der Waals surface area contributed by atoms with Crippen LogP contribution in [-0.4, -0.2) is 5.97 Å². The molecule has 116 valence electrons. The molecule has 3 heteroatoms. The molecule has 0 amide bonds. The second-order valence-electron chi connectivity index (χ2n) is 5.62. The van der Waals surface area contributed by atoms with Gasteiger partial charge in [-0.05, 0) is 64.6 Å². The van der Waals surface area contributed by atoms with E-state index in [1.54, 1.807) is 0 Å². The molecule has 1 unspecified atom stereocenters. The molecule has 0 N–H and O–H groups in total. The Kier molecular flexibility index (Phi) is 6.90. The van der Waals surface area contributed by atoms with Crippen molar-refractivity contribution >= 4 is 28.6 Å². The predicted octanol–water partition coefficient (Wildman–Crippen LogP) is 4.99. The number of esters is 1. The lowest BCUT2D eigenvalue weighted by Gasteiger charge is -2.11. The van der Waals surface area contributed by atoms with Crippen molar-refractivity contribution in [3.8, 4) is 0 Å². The smallest absolute Gasteiger partial charge is 0.306 e. The van der Waals surface area contributed by atoms with E-state index in [0.717, 1.165) is 18.4 Å². The Morgan fingerprint density at radius 2 is 1.73 bits per heavy atom. The first-order chi connectivity index (χ1) is 10.6. The molecule has 0 aliphatic rings. The number of ether oxygens (including phenoxy) is 1. The Bertz CT molecular complexity index is 578. The summed E-state index contributed by atoms with van der Waals surface area (Å²) in [6, 6.07) is 18.3. The van der Waals surface area contributed by atoms with Crippen LogP contribution in [0, 0.1) is 9.49 Å². The van der Waals surface area contributed by atoms with Gasteiger partial charge in [0.15, 0.2) is 0 Å². The number of hydrogen-bond donors (Lipinski definition) is 0.